The highest BCUT2D eigenvalue weighted by Crippen LogP contribution is 2.25. The number of nitrogens with one attached hydrogen (secondary N) is 2. The Morgan fingerprint density at radius 3 is 2.90 bits per heavy atom. The fraction of sp³-hybridized carbons (Fsp3) is 0.471. The molecule has 0 radical (unpaired) electrons. The number of aliphatic hydroxyl groups excluding tert-OH is 1. The molecule has 2 unspecified atom stereocenters. The average Bonchev–Trinajstić information content (AvgIpc) is 3.01. The van der Waals surface area contributed by atoms with Gasteiger partial charge < -0.3 is 15.4 Å². The van der Waals surface area contributed by atoms with Gasteiger partial charge in [0.25, 0.3) is 5.91 Å². The maximum absolute atomic E-state index is 12.3. The fourth-order valence-corrected chi connectivity index (χ4v) is 3.18. The summed E-state index contributed by atoms with van der Waals surface area (Å²) < 4.78 is 0. The summed E-state index contributed by atoms with van der Waals surface area (Å²) in [6.07, 6.45) is 2.47. The van der Waals surface area contributed by atoms with Crippen LogP contribution in [0.25, 0.3) is 10.9 Å². The standard InChI is InChI=1S/C17H22N2O2/c1-10-11(2)19-16-6-4-13(8-15(10)16)17(21)18-9-12-3-5-14(20)7-12/h4,6,8,12,14,19-20H,3,5,7,9H2,1-2H3,(H,18,21). The molecule has 1 saturated carbocycles. The van der Waals surface area contributed by atoms with Gasteiger partial charge in [-0.2, -0.15) is 0 Å². The van der Waals surface area contributed by atoms with E-state index in [-0.39, 0.29) is 12.0 Å². The van der Waals surface area contributed by atoms with E-state index in [0.717, 1.165) is 35.9 Å². The topological polar surface area (TPSA) is 65.1 Å². The molecule has 1 aromatic carbocycles. The van der Waals surface area contributed by atoms with Crippen molar-refractivity contribution in [1.82, 2.24) is 10.3 Å². The van der Waals surface area contributed by atoms with Gasteiger partial charge in [-0.05, 0) is 62.8 Å². The van der Waals surface area contributed by atoms with Gasteiger partial charge in [-0.3, -0.25) is 4.79 Å². The molecule has 1 aliphatic rings. The van der Waals surface area contributed by atoms with Crippen molar-refractivity contribution < 1.29 is 9.90 Å². The first kappa shape index (κ1) is 14.1. The van der Waals surface area contributed by atoms with Crippen LogP contribution in [-0.2, 0) is 0 Å². The Morgan fingerprint density at radius 2 is 2.19 bits per heavy atom. The first-order chi connectivity index (χ1) is 10.0. The number of amides is 1. The maximum atomic E-state index is 12.3. The third-order valence-electron chi connectivity index (χ3n) is 4.64. The summed E-state index contributed by atoms with van der Waals surface area (Å²) in [6.45, 7) is 4.76. The fourth-order valence-electron chi connectivity index (χ4n) is 3.18. The Morgan fingerprint density at radius 1 is 1.38 bits per heavy atom. The largest absolute Gasteiger partial charge is 0.393 e. The summed E-state index contributed by atoms with van der Waals surface area (Å²) >= 11 is 0. The molecule has 0 aliphatic heterocycles. The molecule has 2 aromatic rings. The van der Waals surface area contributed by atoms with Crippen molar-refractivity contribution in [2.45, 2.75) is 39.2 Å². The molecule has 2 atom stereocenters. The van der Waals surface area contributed by atoms with Crippen molar-refractivity contribution in [2.75, 3.05) is 6.54 Å². The molecular weight excluding hydrogens is 264 g/mol. The molecule has 1 amide bonds. The van der Waals surface area contributed by atoms with Crippen LogP contribution in [0.2, 0.25) is 0 Å². The molecule has 1 aliphatic carbocycles. The van der Waals surface area contributed by atoms with Crippen LogP contribution in [0.15, 0.2) is 18.2 Å². The van der Waals surface area contributed by atoms with Gasteiger partial charge in [0, 0.05) is 28.7 Å². The zero-order chi connectivity index (χ0) is 15.0. The number of benzene rings is 1. The Labute approximate surface area is 124 Å². The minimum Gasteiger partial charge on any atom is -0.393 e. The molecule has 0 saturated heterocycles. The van der Waals surface area contributed by atoms with E-state index in [9.17, 15) is 9.90 Å². The van der Waals surface area contributed by atoms with Crippen LogP contribution in [0.1, 0.15) is 40.9 Å². The van der Waals surface area contributed by atoms with E-state index < -0.39 is 0 Å². The highest BCUT2D eigenvalue weighted by atomic mass is 16.3. The minimum atomic E-state index is -0.186. The number of aromatic amines is 1. The van der Waals surface area contributed by atoms with E-state index >= 15 is 0 Å². The molecule has 1 aromatic heterocycles. The zero-order valence-electron chi connectivity index (χ0n) is 12.6. The lowest BCUT2D eigenvalue weighted by molar-refractivity contribution is 0.0945. The second kappa shape index (κ2) is 5.53. The predicted molar refractivity (Wildman–Crippen MR) is 83.5 cm³/mol. The van der Waals surface area contributed by atoms with Gasteiger partial charge in [-0.25, -0.2) is 0 Å². The monoisotopic (exact) mass is 286 g/mol. The summed E-state index contributed by atoms with van der Waals surface area (Å²) in [5, 5.41) is 13.6. The van der Waals surface area contributed by atoms with Crippen molar-refractivity contribution in [2.24, 2.45) is 5.92 Å². The normalized spacial score (nSPS) is 21.9. The minimum absolute atomic E-state index is 0.0310. The molecule has 3 rings (SSSR count). The Kier molecular flexibility index (Phi) is 3.72. The number of aliphatic hydroxyl groups is 1. The van der Waals surface area contributed by atoms with Crippen LogP contribution in [0.4, 0.5) is 0 Å². The molecule has 4 heteroatoms. The lowest BCUT2D eigenvalue weighted by atomic mass is 10.1. The summed E-state index contributed by atoms with van der Waals surface area (Å²) in [5.74, 6) is 0.375. The van der Waals surface area contributed by atoms with E-state index in [0.29, 0.717) is 18.0 Å². The number of fused-ring (bicyclic) bond motifs is 1. The highest BCUT2D eigenvalue weighted by Gasteiger charge is 2.23. The van der Waals surface area contributed by atoms with Crippen LogP contribution >= 0.6 is 0 Å². The van der Waals surface area contributed by atoms with Crippen LogP contribution in [0, 0.1) is 19.8 Å². The summed E-state index contributed by atoms with van der Waals surface area (Å²) in [5.41, 5.74) is 4.10. The smallest absolute Gasteiger partial charge is 0.251 e. The zero-order valence-corrected chi connectivity index (χ0v) is 12.6. The number of hydrogen-bond donors (Lipinski definition) is 3. The lowest BCUT2D eigenvalue weighted by Gasteiger charge is -2.11. The second-order valence-electron chi connectivity index (χ2n) is 6.18. The predicted octanol–water partition coefficient (Wildman–Crippen LogP) is 2.68. The highest BCUT2D eigenvalue weighted by molar-refractivity contribution is 5.99. The van der Waals surface area contributed by atoms with Gasteiger partial charge in [0.15, 0.2) is 0 Å². The van der Waals surface area contributed by atoms with Crippen molar-refractivity contribution >= 4 is 16.8 Å². The van der Waals surface area contributed by atoms with E-state index in [1.54, 1.807) is 0 Å². The number of rotatable bonds is 3. The van der Waals surface area contributed by atoms with Crippen molar-refractivity contribution in [3.63, 3.8) is 0 Å². The summed E-state index contributed by atoms with van der Waals surface area (Å²) in [6, 6.07) is 5.77. The molecule has 112 valence electrons. The molecule has 21 heavy (non-hydrogen) atoms. The number of hydrogen-bond acceptors (Lipinski definition) is 2. The SMILES string of the molecule is Cc1[nH]c2ccc(C(=O)NCC3CCC(O)C3)cc2c1C. The first-order valence-corrected chi connectivity index (χ1v) is 7.60. The molecule has 3 N–H and O–H groups in total. The van der Waals surface area contributed by atoms with Crippen molar-refractivity contribution in [3.05, 3.63) is 35.0 Å². The molecule has 1 heterocycles. The number of aryl methyl sites for hydroxylation is 2. The van der Waals surface area contributed by atoms with Crippen molar-refractivity contribution in [3.8, 4) is 0 Å². The quantitative estimate of drug-likeness (QED) is 0.812. The van der Waals surface area contributed by atoms with E-state index in [1.165, 1.54) is 5.56 Å². The number of aromatic nitrogens is 1. The summed E-state index contributed by atoms with van der Waals surface area (Å²) in [7, 11) is 0. The van der Waals surface area contributed by atoms with Crippen molar-refractivity contribution in [1.29, 1.82) is 0 Å². The number of carbonyl (C=O) groups excluding carboxylic acids is 1. The van der Waals surface area contributed by atoms with Crippen LogP contribution < -0.4 is 5.32 Å². The molecule has 1 fully saturated rings. The maximum Gasteiger partial charge on any atom is 0.251 e. The molecule has 0 bridgehead atoms. The van der Waals surface area contributed by atoms with Crippen LogP contribution in [0.3, 0.4) is 0 Å². The van der Waals surface area contributed by atoms with Gasteiger partial charge in [0.2, 0.25) is 0 Å². The molecular formula is C17H22N2O2. The second-order valence-corrected chi connectivity index (χ2v) is 6.18. The first-order valence-electron chi connectivity index (χ1n) is 7.60. The average molecular weight is 286 g/mol. The molecule has 4 nitrogen and oxygen atoms in total. The van der Waals surface area contributed by atoms with E-state index in [4.69, 9.17) is 0 Å². The molecule has 0 spiro atoms. The van der Waals surface area contributed by atoms with Gasteiger partial charge in [0.05, 0.1) is 6.10 Å². The van der Waals surface area contributed by atoms with E-state index in [2.05, 4.69) is 17.2 Å². The Bertz CT molecular complexity index is 675. The summed E-state index contributed by atoms with van der Waals surface area (Å²) in [4.78, 5) is 15.6. The van der Waals surface area contributed by atoms with Gasteiger partial charge in [-0.1, -0.05) is 0 Å². The number of carbonyl (C=O) groups is 1. The van der Waals surface area contributed by atoms with E-state index in [1.807, 2.05) is 25.1 Å². The van der Waals surface area contributed by atoms with Gasteiger partial charge >= 0.3 is 0 Å². The van der Waals surface area contributed by atoms with Gasteiger partial charge in [-0.15, -0.1) is 0 Å². The third-order valence-corrected chi connectivity index (χ3v) is 4.64. The lowest BCUT2D eigenvalue weighted by Crippen LogP contribution is -2.28. The van der Waals surface area contributed by atoms with Gasteiger partial charge in [0.1, 0.15) is 0 Å². The number of H-pyrrole nitrogens is 1. The van der Waals surface area contributed by atoms with Crippen LogP contribution in [0.5, 0.6) is 0 Å². The third kappa shape index (κ3) is 2.81. The Hall–Kier alpha value is -1.81. The Balaban J connectivity index is 1.71. The van der Waals surface area contributed by atoms with Crippen LogP contribution in [-0.4, -0.2) is 28.6 Å².